The maximum Gasteiger partial charge on any atom is 0.328 e. The molecule has 11 heteroatoms. The van der Waals surface area contributed by atoms with Gasteiger partial charge < -0.3 is 20.3 Å². The van der Waals surface area contributed by atoms with Gasteiger partial charge in [0.1, 0.15) is 0 Å². The first-order chi connectivity index (χ1) is 16.0. The lowest BCUT2D eigenvalue weighted by atomic mass is 9.66. The van der Waals surface area contributed by atoms with Crippen LogP contribution >= 0.6 is 0 Å². The van der Waals surface area contributed by atoms with E-state index in [0.717, 1.165) is 6.42 Å². The van der Waals surface area contributed by atoms with Crippen molar-refractivity contribution in [2.24, 2.45) is 17.1 Å². The van der Waals surface area contributed by atoms with Crippen LogP contribution in [0.3, 0.4) is 0 Å². The first-order valence-electron chi connectivity index (χ1n) is 11.6. The summed E-state index contributed by atoms with van der Waals surface area (Å²) in [6.45, 7) is 6.55. The van der Waals surface area contributed by atoms with Gasteiger partial charge in [0, 0.05) is 32.1 Å². The molecule has 9 nitrogen and oxygen atoms in total. The molecule has 0 aromatic heterocycles. The van der Waals surface area contributed by atoms with Gasteiger partial charge in [-0.2, -0.15) is 0 Å². The molecule has 0 radical (unpaired) electrons. The third-order valence-electron chi connectivity index (χ3n) is 7.76. The molecular weight excluding hydrogens is 448 g/mol. The van der Waals surface area contributed by atoms with Gasteiger partial charge in [0.05, 0.1) is 29.6 Å². The number of hydrogen-bond acceptors (Lipinski definition) is 7. The van der Waals surface area contributed by atoms with Crippen LogP contribution in [0.4, 0.5) is 25.0 Å². The van der Waals surface area contributed by atoms with E-state index in [1.165, 1.54) is 6.07 Å². The Morgan fingerprint density at radius 1 is 1.15 bits per heavy atom. The number of hydrogen-bond donors (Lipinski definition) is 3. The van der Waals surface area contributed by atoms with Crippen LogP contribution in [0.5, 0.6) is 0 Å². The van der Waals surface area contributed by atoms with E-state index >= 15 is 8.78 Å². The highest BCUT2D eigenvalue weighted by atomic mass is 19.2. The molecule has 4 heterocycles. The number of rotatable bonds is 2. The number of halogens is 2. The normalized spacial score (nSPS) is 31.2. The molecule has 4 N–H and O–H groups in total. The van der Waals surface area contributed by atoms with E-state index in [4.69, 9.17) is 10.5 Å². The molecule has 184 valence electrons. The molecule has 0 aliphatic carbocycles. The molecule has 1 spiro atoms. The Kier molecular flexibility index (Phi) is 5.32. The van der Waals surface area contributed by atoms with Gasteiger partial charge in [-0.1, -0.05) is 0 Å². The van der Waals surface area contributed by atoms with Crippen LogP contribution in [0, 0.1) is 23.0 Å². The fraction of sp³-hybridized carbons (Fsp3) is 0.609. The van der Waals surface area contributed by atoms with Gasteiger partial charge >= 0.3 is 6.03 Å². The number of nitrogens with one attached hydrogen (secondary N) is 2. The number of fused-ring (bicyclic) bond motifs is 4. The molecular formula is C23H29F2N5O4. The summed E-state index contributed by atoms with van der Waals surface area (Å²) in [6, 6.07) is -0.362. The number of carbonyl (C=O) groups excluding carboxylic acids is 3. The molecule has 4 aliphatic rings. The highest BCUT2D eigenvalue weighted by Gasteiger charge is 2.63. The number of anilines is 2. The van der Waals surface area contributed by atoms with E-state index in [9.17, 15) is 14.4 Å². The summed E-state index contributed by atoms with van der Waals surface area (Å²) in [5.74, 6) is -3.35. The van der Waals surface area contributed by atoms with Crippen molar-refractivity contribution in [3.63, 3.8) is 0 Å². The minimum absolute atomic E-state index is 0.0410. The predicted molar refractivity (Wildman–Crippen MR) is 119 cm³/mol. The van der Waals surface area contributed by atoms with E-state index < -0.39 is 47.0 Å². The standard InChI is InChI=1S/C23H29F2N5O4/c1-10-8-30-18-14(6-15(16(24)17(18)25)29-5-4-13(9-29)11(2)26)7-23(19(30)12(3)34-10)20(31)27-22(33)28-21(23)32/h6,10-13,19H,4-5,7-9,26H2,1-3H3,(H2,27,28,31,32,33)/t10-,11-,12+,13?,19-/m1/s1. The molecule has 1 unspecified atom stereocenters. The summed E-state index contributed by atoms with van der Waals surface area (Å²) in [6.07, 6.45) is -0.439. The predicted octanol–water partition coefficient (Wildman–Crippen LogP) is 1.03. The molecule has 1 aromatic rings. The third-order valence-corrected chi connectivity index (χ3v) is 7.76. The number of amides is 4. The van der Waals surface area contributed by atoms with Gasteiger partial charge in [0.25, 0.3) is 0 Å². The summed E-state index contributed by atoms with van der Waals surface area (Å²) in [7, 11) is 0. The Morgan fingerprint density at radius 3 is 2.44 bits per heavy atom. The van der Waals surface area contributed by atoms with Crippen molar-refractivity contribution in [2.75, 3.05) is 29.4 Å². The van der Waals surface area contributed by atoms with Gasteiger partial charge in [-0.05, 0) is 44.7 Å². The van der Waals surface area contributed by atoms with Gasteiger partial charge in [0.15, 0.2) is 17.0 Å². The second kappa shape index (κ2) is 7.88. The number of urea groups is 1. The van der Waals surface area contributed by atoms with Crippen molar-refractivity contribution in [3.05, 3.63) is 23.3 Å². The monoisotopic (exact) mass is 477 g/mol. The van der Waals surface area contributed by atoms with Crippen LogP contribution in [0.2, 0.25) is 0 Å². The fourth-order valence-electron chi connectivity index (χ4n) is 6.19. The zero-order valence-corrected chi connectivity index (χ0v) is 19.4. The Balaban J connectivity index is 1.66. The lowest BCUT2D eigenvalue weighted by molar-refractivity contribution is -0.153. The van der Waals surface area contributed by atoms with Crippen molar-refractivity contribution in [1.82, 2.24) is 10.6 Å². The molecule has 1 aromatic carbocycles. The Bertz CT molecular complexity index is 1060. The van der Waals surface area contributed by atoms with Crippen molar-refractivity contribution >= 4 is 29.2 Å². The molecule has 5 atom stereocenters. The van der Waals surface area contributed by atoms with E-state index in [1.807, 2.05) is 6.92 Å². The van der Waals surface area contributed by atoms with E-state index in [-0.39, 0.29) is 42.4 Å². The molecule has 3 fully saturated rings. The van der Waals surface area contributed by atoms with Crippen LogP contribution in [-0.4, -0.2) is 61.8 Å². The quantitative estimate of drug-likeness (QED) is 0.545. The van der Waals surface area contributed by atoms with Crippen molar-refractivity contribution in [3.8, 4) is 0 Å². The Hall–Kier alpha value is -2.79. The molecule has 4 amide bonds. The van der Waals surface area contributed by atoms with Crippen LogP contribution < -0.4 is 26.2 Å². The lowest BCUT2D eigenvalue weighted by Crippen LogP contribution is -2.75. The number of nitrogens with two attached hydrogens (primary N) is 1. The van der Waals surface area contributed by atoms with Crippen molar-refractivity contribution < 1.29 is 27.9 Å². The van der Waals surface area contributed by atoms with Gasteiger partial charge in [-0.15, -0.1) is 0 Å². The van der Waals surface area contributed by atoms with Crippen LogP contribution in [0.1, 0.15) is 32.8 Å². The highest BCUT2D eigenvalue weighted by Crippen LogP contribution is 2.49. The average molecular weight is 478 g/mol. The molecule has 4 aliphatic heterocycles. The molecule has 5 rings (SSSR count). The minimum Gasteiger partial charge on any atom is -0.372 e. The molecule has 0 saturated carbocycles. The number of benzene rings is 1. The number of carbonyl (C=O) groups is 3. The number of morpholine rings is 1. The number of imide groups is 2. The Morgan fingerprint density at radius 2 is 1.82 bits per heavy atom. The SMILES string of the molecule is C[C@@H]1CN2c3c(cc(N4CCC([C@@H](C)N)C4)c(F)c3F)CC3(C(=O)NC(=O)NC3=O)[C@H]2[C@H](C)O1. The first-order valence-corrected chi connectivity index (χ1v) is 11.6. The smallest absolute Gasteiger partial charge is 0.328 e. The second-order valence-electron chi connectivity index (χ2n) is 10.0. The van der Waals surface area contributed by atoms with E-state index in [2.05, 4.69) is 10.6 Å². The van der Waals surface area contributed by atoms with Crippen LogP contribution in [-0.2, 0) is 20.7 Å². The molecule has 0 bridgehead atoms. The second-order valence-corrected chi connectivity index (χ2v) is 10.0. The fourth-order valence-corrected chi connectivity index (χ4v) is 6.19. The average Bonchev–Trinajstić information content (AvgIpc) is 3.24. The summed E-state index contributed by atoms with van der Waals surface area (Å²) in [5.41, 5.74) is 4.76. The maximum absolute atomic E-state index is 15.7. The van der Waals surface area contributed by atoms with E-state index in [1.54, 1.807) is 23.6 Å². The van der Waals surface area contributed by atoms with Gasteiger partial charge in [-0.3, -0.25) is 20.2 Å². The molecule has 34 heavy (non-hydrogen) atoms. The largest absolute Gasteiger partial charge is 0.372 e. The van der Waals surface area contributed by atoms with Gasteiger partial charge in [-0.25, -0.2) is 13.6 Å². The number of barbiturate groups is 1. The lowest BCUT2D eigenvalue weighted by Gasteiger charge is -2.55. The summed E-state index contributed by atoms with van der Waals surface area (Å²) < 4.78 is 37.1. The summed E-state index contributed by atoms with van der Waals surface area (Å²) in [4.78, 5) is 41.6. The Labute approximate surface area is 196 Å². The topological polar surface area (TPSA) is 117 Å². The van der Waals surface area contributed by atoms with E-state index in [0.29, 0.717) is 18.7 Å². The number of nitrogens with zero attached hydrogens (tertiary/aromatic N) is 2. The third kappa shape index (κ3) is 3.20. The van der Waals surface area contributed by atoms with Crippen molar-refractivity contribution in [2.45, 2.75) is 57.9 Å². The molecule has 3 saturated heterocycles. The zero-order chi connectivity index (χ0) is 24.5. The minimum atomic E-state index is -1.73. The van der Waals surface area contributed by atoms with Crippen LogP contribution in [0.15, 0.2) is 6.07 Å². The summed E-state index contributed by atoms with van der Waals surface area (Å²) >= 11 is 0. The highest BCUT2D eigenvalue weighted by molar-refractivity contribution is 6.20. The van der Waals surface area contributed by atoms with Crippen molar-refractivity contribution in [1.29, 1.82) is 0 Å². The first kappa shape index (κ1) is 23.0. The van der Waals surface area contributed by atoms with Gasteiger partial charge in [0.2, 0.25) is 11.8 Å². The zero-order valence-electron chi connectivity index (χ0n) is 19.4. The maximum atomic E-state index is 15.7. The number of ether oxygens (including phenoxy) is 1. The summed E-state index contributed by atoms with van der Waals surface area (Å²) in [5, 5.41) is 4.39. The van der Waals surface area contributed by atoms with Crippen LogP contribution in [0.25, 0.3) is 0 Å².